The first-order valence-corrected chi connectivity index (χ1v) is 7.64. The first-order valence-electron chi connectivity index (χ1n) is 6.76. The summed E-state index contributed by atoms with van der Waals surface area (Å²) >= 11 is 1.49. The zero-order valence-electron chi connectivity index (χ0n) is 11.5. The number of fused-ring (bicyclic) bond motifs is 1. The number of aromatic nitrogens is 2. The highest BCUT2D eigenvalue weighted by Gasteiger charge is 2.24. The molecule has 1 atom stereocenters. The van der Waals surface area contributed by atoms with E-state index in [9.17, 15) is 4.79 Å². The second kappa shape index (κ2) is 5.61. The monoisotopic (exact) mass is 293 g/mol. The summed E-state index contributed by atoms with van der Waals surface area (Å²) in [7, 11) is 2.11. The Labute approximate surface area is 121 Å². The number of piperazine rings is 1. The van der Waals surface area contributed by atoms with Gasteiger partial charge in [-0.25, -0.2) is 4.98 Å². The van der Waals surface area contributed by atoms with E-state index < -0.39 is 0 Å². The highest BCUT2D eigenvalue weighted by Crippen LogP contribution is 2.13. The largest absolute Gasteiger partial charge is 0.329 e. The quantitative estimate of drug-likeness (QED) is 0.851. The lowest BCUT2D eigenvalue weighted by molar-refractivity contribution is 0.0870. The van der Waals surface area contributed by atoms with Gasteiger partial charge in [0.15, 0.2) is 4.96 Å². The number of nitrogens with two attached hydrogens (primary N) is 1. The van der Waals surface area contributed by atoms with Gasteiger partial charge >= 0.3 is 0 Å². The summed E-state index contributed by atoms with van der Waals surface area (Å²) in [5.74, 6) is 0. The van der Waals surface area contributed by atoms with E-state index in [4.69, 9.17) is 5.73 Å². The third kappa shape index (κ3) is 2.62. The SMILES string of the molecule is CN1CCN(Cc2cc(=O)n3ccsc3n2)C(CN)C1. The molecule has 0 saturated carbocycles. The molecule has 1 fully saturated rings. The smallest absolute Gasteiger partial charge is 0.258 e. The Bertz CT molecular complexity index is 651. The topological polar surface area (TPSA) is 66.9 Å². The van der Waals surface area contributed by atoms with Crippen LogP contribution in [0.4, 0.5) is 0 Å². The van der Waals surface area contributed by atoms with Crippen molar-refractivity contribution in [1.82, 2.24) is 19.2 Å². The summed E-state index contributed by atoms with van der Waals surface area (Å²) < 4.78 is 1.58. The molecule has 0 aliphatic carbocycles. The van der Waals surface area contributed by atoms with Crippen molar-refractivity contribution in [2.75, 3.05) is 33.2 Å². The van der Waals surface area contributed by atoms with E-state index >= 15 is 0 Å². The summed E-state index contributed by atoms with van der Waals surface area (Å²) in [6, 6.07) is 1.96. The van der Waals surface area contributed by atoms with Crippen molar-refractivity contribution in [3.8, 4) is 0 Å². The summed E-state index contributed by atoms with van der Waals surface area (Å²) in [6.45, 7) is 4.28. The number of nitrogens with zero attached hydrogens (tertiary/aromatic N) is 4. The summed E-state index contributed by atoms with van der Waals surface area (Å²) in [6.07, 6.45) is 1.76. The summed E-state index contributed by atoms with van der Waals surface area (Å²) in [4.78, 5) is 21.9. The minimum Gasteiger partial charge on any atom is -0.329 e. The Morgan fingerprint density at radius 3 is 3.15 bits per heavy atom. The van der Waals surface area contributed by atoms with Crippen molar-refractivity contribution in [3.05, 3.63) is 33.7 Å². The molecule has 2 aromatic heterocycles. The van der Waals surface area contributed by atoms with Gasteiger partial charge in [0.2, 0.25) is 0 Å². The lowest BCUT2D eigenvalue weighted by atomic mass is 10.1. The van der Waals surface area contributed by atoms with Crippen molar-refractivity contribution >= 4 is 16.3 Å². The molecule has 1 unspecified atom stereocenters. The average molecular weight is 293 g/mol. The molecule has 1 aliphatic heterocycles. The number of thiazole rings is 1. The van der Waals surface area contributed by atoms with Crippen LogP contribution in [0.15, 0.2) is 22.4 Å². The molecule has 20 heavy (non-hydrogen) atoms. The molecule has 0 radical (unpaired) electrons. The Balaban J connectivity index is 1.83. The molecule has 1 aliphatic rings. The van der Waals surface area contributed by atoms with Crippen LogP contribution in [0.2, 0.25) is 0 Å². The Hall–Kier alpha value is -1.28. The van der Waals surface area contributed by atoms with Gasteiger partial charge in [-0.05, 0) is 7.05 Å². The predicted octanol–water partition coefficient (Wildman–Crippen LogP) is -0.169. The number of hydrogen-bond donors (Lipinski definition) is 1. The average Bonchev–Trinajstić information content (AvgIpc) is 2.89. The van der Waals surface area contributed by atoms with Crippen molar-refractivity contribution in [2.45, 2.75) is 12.6 Å². The van der Waals surface area contributed by atoms with Crippen LogP contribution in [0.5, 0.6) is 0 Å². The molecule has 3 rings (SSSR count). The summed E-state index contributed by atoms with van der Waals surface area (Å²) in [5, 5.41) is 1.88. The van der Waals surface area contributed by atoms with Crippen LogP contribution in [0.25, 0.3) is 4.96 Å². The molecule has 0 amide bonds. The standard InChI is InChI=1S/C13H19N5OS/c1-16-2-3-17(11(7-14)9-16)8-10-6-12(19)18-4-5-20-13(18)15-10/h4-6,11H,2-3,7-9,14H2,1H3. The second-order valence-electron chi connectivity index (χ2n) is 5.26. The molecule has 108 valence electrons. The van der Waals surface area contributed by atoms with E-state index in [1.54, 1.807) is 16.7 Å². The first kappa shape index (κ1) is 13.7. The minimum atomic E-state index is -0.00956. The molecule has 7 heteroatoms. The Morgan fingerprint density at radius 1 is 1.50 bits per heavy atom. The van der Waals surface area contributed by atoms with Gasteiger partial charge in [-0.2, -0.15) is 0 Å². The van der Waals surface area contributed by atoms with E-state index in [2.05, 4.69) is 21.8 Å². The lowest BCUT2D eigenvalue weighted by Gasteiger charge is -2.39. The van der Waals surface area contributed by atoms with Gasteiger partial charge in [0.05, 0.1) is 5.69 Å². The van der Waals surface area contributed by atoms with Gasteiger partial charge < -0.3 is 10.6 Å². The molecule has 6 nitrogen and oxygen atoms in total. The van der Waals surface area contributed by atoms with E-state index in [0.29, 0.717) is 19.1 Å². The van der Waals surface area contributed by atoms with Gasteiger partial charge in [0, 0.05) is 56.4 Å². The molecular formula is C13H19N5OS. The van der Waals surface area contributed by atoms with E-state index in [0.717, 1.165) is 30.3 Å². The van der Waals surface area contributed by atoms with E-state index in [1.807, 2.05) is 5.38 Å². The fourth-order valence-electron chi connectivity index (χ4n) is 2.66. The first-order chi connectivity index (χ1) is 9.67. The second-order valence-corrected chi connectivity index (χ2v) is 6.14. The highest BCUT2D eigenvalue weighted by atomic mass is 32.1. The van der Waals surface area contributed by atoms with Gasteiger partial charge in [0.1, 0.15) is 0 Å². The minimum absolute atomic E-state index is 0.00956. The number of hydrogen-bond acceptors (Lipinski definition) is 6. The zero-order chi connectivity index (χ0) is 14.1. The summed E-state index contributed by atoms with van der Waals surface area (Å²) in [5.41, 5.74) is 6.69. The van der Waals surface area contributed by atoms with Crippen LogP contribution >= 0.6 is 11.3 Å². The number of rotatable bonds is 3. The maximum absolute atomic E-state index is 12.0. The molecule has 0 bridgehead atoms. The fraction of sp³-hybridized carbons (Fsp3) is 0.538. The molecule has 0 aromatic carbocycles. The van der Waals surface area contributed by atoms with Gasteiger partial charge in [-0.1, -0.05) is 0 Å². The highest BCUT2D eigenvalue weighted by molar-refractivity contribution is 7.15. The molecular weight excluding hydrogens is 274 g/mol. The molecule has 2 N–H and O–H groups in total. The van der Waals surface area contributed by atoms with Crippen molar-refractivity contribution < 1.29 is 0 Å². The molecule has 2 aromatic rings. The number of likely N-dealkylation sites (N-methyl/N-ethyl adjacent to an activating group) is 1. The molecule has 3 heterocycles. The van der Waals surface area contributed by atoms with Crippen LogP contribution < -0.4 is 11.3 Å². The zero-order valence-corrected chi connectivity index (χ0v) is 12.3. The van der Waals surface area contributed by atoms with E-state index in [-0.39, 0.29) is 5.56 Å². The van der Waals surface area contributed by atoms with E-state index in [1.165, 1.54) is 11.3 Å². The van der Waals surface area contributed by atoms with Crippen molar-refractivity contribution in [2.24, 2.45) is 5.73 Å². The van der Waals surface area contributed by atoms with Crippen LogP contribution in [-0.4, -0.2) is 58.5 Å². The third-order valence-corrected chi connectivity index (χ3v) is 4.56. The molecule has 0 spiro atoms. The normalized spacial score (nSPS) is 21.6. The van der Waals surface area contributed by atoms with Crippen molar-refractivity contribution in [1.29, 1.82) is 0 Å². The Kier molecular flexibility index (Phi) is 3.84. The predicted molar refractivity (Wildman–Crippen MR) is 80.1 cm³/mol. The maximum Gasteiger partial charge on any atom is 0.258 e. The van der Waals surface area contributed by atoms with Crippen LogP contribution in [0.3, 0.4) is 0 Å². The molecule has 1 saturated heterocycles. The maximum atomic E-state index is 12.0. The third-order valence-electron chi connectivity index (χ3n) is 3.80. The van der Waals surface area contributed by atoms with Crippen LogP contribution in [-0.2, 0) is 6.54 Å². The van der Waals surface area contributed by atoms with Gasteiger partial charge in [0.25, 0.3) is 5.56 Å². The lowest BCUT2D eigenvalue weighted by Crippen LogP contribution is -2.54. The van der Waals surface area contributed by atoms with Gasteiger partial charge in [-0.15, -0.1) is 11.3 Å². The van der Waals surface area contributed by atoms with Crippen molar-refractivity contribution in [3.63, 3.8) is 0 Å². The van der Waals surface area contributed by atoms with Gasteiger partial charge in [-0.3, -0.25) is 14.1 Å². The Morgan fingerprint density at radius 2 is 2.35 bits per heavy atom. The van der Waals surface area contributed by atoms with Crippen LogP contribution in [0.1, 0.15) is 5.69 Å². The van der Waals surface area contributed by atoms with Crippen LogP contribution in [0, 0.1) is 0 Å². The fourth-order valence-corrected chi connectivity index (χ4v) is 3.40.